The van der Waals surface area contributed by atoms with E-state index in [1.807, 2.05) is 6.08 Å². The summed E-state index contributed by atoms with van der Waals surface area (Å²) in [6.45, 7) is 1.67. The molecule has 0 saturated carbocycles. The average Bonchev–Trinajstić information content (AvgIpc) is 3.06. The molecule has 1 saturated heterocycles. The molecule has 10 nitrogen and oxygen atoms in total. The van der Waals surface area contributed by atoms with Crippen molar-refractivity contribution in [1.29, 1.82) is 0 Å². The SMILES string of the molecule is O=C1CC2(O)CC(=O)Oc3nc(nc(c3/C=C/[C@H]3CCNC3)OC2=O)O1. The van der Waals surface area contributed by atoms with Crippen LogP contribution in [0.15, 0.2) is 6.08 Å². The zero-order valence-electron chi connectivity index (χ0n) is 13.6. The smallest absolute Gasteiger partial charge is 0.346 e. The van der Waals surface area contributed by atoms with Crippen molar-refractivity contribution in [1.82, 2.24) is 15.3 Å². The summed E-state index contributed by atoms with van der Waals surface area (Å²) in [6.07, 6.45) is 2.83. The summed E-state index contributed by atoms with van der Waals surface area (Å²) < 4.78 is 15.3. The van der Waals surface area contributed by atoms with E-state index in [1.165, 1.54) is 0 Å². The monoisotopic (exact) mass is 361 g/mol. The molecule has 0 aromatic carbocycles. The molecule has 136 valence electrons. The van der Waals surface area contributed by atoms with Gasteiger partial charge < -0.3 is 24.6 Å². The van der Waals surface area contributed by atoms with Crippen LogP contribution in [0.3, 0.4) is 0 Å². The summed E-state index contributed by atoms with van der Waals surface area (Å²) in [5.41, 5.74) is -2.24. The summed E-state index contributed by atoms with van der Waals surface area (Å²) in [7, 11) is 0. The van der Waals surface area contributed by atoms with Crippen LogP contribution in [0.4, 0.5) is 0 Å². The summed E-state index contributed by atoms with van der Waals surface area (Å²) in [4.78, 5) is 44.2. The van der Waals surface area contributed by atoms with Gasteiger partial charge in [0.2, 0.25) is 11.8 Å². The van der Waals surface area contributed by atoms with E-state index in [9.17, 15) is 19.5 Å². The predicted molar refractivity (Wildman–Crippen MR) is 83.1 cm³/mol. The van der Waals surface area contributed by atoms with Crippen LogP contribution in [0.2, 0.25) is 0 Å². The maximum atomic E-state index is 12.4. The van der Waals surface area contributed by atoms with Crippen molar-refractivity contribution < 1.29 is 33.7 Å². The first kappa shape index (κ1) is 16.6. The quantitative estimate of drug-likeness (QED) is 0.654. The molecule has 3 aliphatic heterocycles. The Kier molecular flexibility index (Phi) is 3.93. The zero-order valence-corrected chi connectivity index (χ0v) is 13.6. The molecule has 1 aromatic rings. The number of hydrogen-bond donors (Lipinski definition) is 2. The molecule has 1 aromatic heterocycles. The van der Waals surface area contributed by atoms with Gasteiger partial charge >= 0.3 is 23.9 Å². The normalized spacial score (nSPS) is 28.0. The van der Waals surface area contributed by atoms with Crippen molar-refractivity contribution >= 4 is 24.0 Å². The van der Waals surface area contributed by atoms with Gasteiger partial charge in [0.1, 0.15) is 0 Å². The van der Waals surface area contributed by atoms with E-state index in [-0.39, 0.29) is 23.2 Å². The van der Waals surface area contributed by atoms with Crippen molar-refractivity contribution in [3.05, 3.63) is 11.6 Å². The lowest BCUT2D eigenvalue weighted by atomic mass is 9.96. The first-order chi connectivity index (χ1) is 12.4. The van der Waals surface area contributed by atoms with Crippen molar-refractivity contribution in [2.24, 2.45) is 5.92 Å². The number of rotatable bonds is 2. The number of carbonyl (C=O) groups is 3. The van der Waals surface area contributed by atoms with Gasteiger partial charge in [0.05, 0.1) is 18.4 Å². The first-order valence-electron chi connectivity index (χ1n) is 8.10. The molecule has 0 spiro atoms. The van der Waals surface area contributed by atoms with Crippen molar-refractivity contribution in [2.45, 2.75) is 24.9 Å². The zero-order chi connectivity index (χ0) is 18.3. The second-order valence-electron chi connectivity index (χ2n) is 6.36. The fourth-order valence-electron chi connectivity index (χ4n) is 2.98. The second-order valence-corrected chi connectivity index (χ2v) is 6.36. The highest BCUT2D eigenvalue weighted by atomic mass is 16.6. The Morgan fingerprint density at radius 1 is 1.08 bits per heavy atom. The molecule has 1 unspecified atom stereocenters. The van der Waals surface area contributed by atoms with Crippen LogP contribution in [0.5, 0.6) is 17.8 Å². The predicted octanol–water partition coefficient (Wildman–Crippen LogP) is -0.646. The molecule has 0 amide bonds. The number of carbonyl (C=O) groups excluding carboxylic acids is 3. The van der Waals surface area contributed by atoms with Crippen molar-refractivity contribution in [3.63, 3.8) is 0 Å². The Labute approximate surface area is 147 Å². The minimum atomic E-state index is -2.40. The van der Waals surface area contributed by atoms with Gasteiger partial charge in [-0.05, 0) is 25.0 Å². The van der Waals surface area contributed by atoms with E-state index in [4.69, 9.17) is 14.2 Å². The molecule has 26 heavy (non-hydrogen) atoms. The molecule has 4 heterocycles. The number of nitrogens with one attached hydrogen (secondary N) is 1. The van der Waals surface area contributed by atoms with E-state index in [0.717, 1.165) is 19.5 Å². The molecule has 4 rings (SSSR count). The molecule has 2 atom stereocenters. The van der Waals surface area contributed by atoms with E-state index in [0.29, 0.717) is 0 Å². The maximum Gasteiger partial charge on any atom is 0.346 e. The summed E-state index contributed by atoms with van der Waals surface area (Å²) in [6, 6.07) is -0.425. The van der Waals surface area contributed by atoms with Crippen LogP contribution in [-0.4, -0.2) is 51.7 Å². The largest absolute Gasteiger partial charge is 0.406 e. The highest BCUT2D eigenvalue weighted by Crippen LogP contribution is 2.35. The second kappa shape index (κ2) is 6.15. The van der Waals surface area contributed by atoms with Crippen LogP contribution < -0.4 is 19.5 Å². The highest BCUT2D eigenvalue weighted by molar-refractivity contribution is 5.93. The minimum Gasteiger partial charge on any atom is -0.406 e. The molecule has 3 aliphatic rings. The maximum absolute atomic E-state index is 12.4. The van der Waals surface area contributed by atoms with Gasteiger partial charge in [-0.3, -0.25) is 9.59 Å². The lowest BCUT2D eigenvalue weighted by Crippen LogP contribution is -2.46. The van der Waals surface area contributed by atoms with Gasteiger partial charge in [-0.2, -0.15) is 9.97 Å². The van der Waals surface area contributed by atoms with E-state index >= 15 is 0 Å². The lowest BCUT2D eigenvalue weighted by Gasteiger charge is -2.21. The molecule has 0 aliphatic carbocycles. The van der Waals surface area contributed by atoms with Gasteiger partial charge in [-0.25, -0.2) is 4.79 Å². The number of aromatic nitrogens is 2. The molecule has 4 bridgehead atoms. The van der Waals surface area contributed by atoms with Crippen LogP contribution >= 0.6 is 0 Å². The Balaban J connectivity index is 1.83. The van der Waals surface area contributed by atoms with Crippen LogP contribution in [-0.2, 0) is 14.4 Å². The Morgan fingerprint density at radius 3 is 2.46 bits per heavy atom. The van der Waals surface area contributed by atoms with Gasteiger partial charge in [-0.1, -0.05) is 6.08 Å². The topological polar surface area (TPSA) is 137 Å². The summed E-state index contributed by atoms with van der Waals surface area (Å²) in [5, 5.41) is 13.7. The van der Waals surface area contributed by atoms with Crippen LogP contribution in [0.1, 0.15) is 24.8 Å². The molecule has 1 fully saturated rings. The fraction of sp³-hybridized carbons (Fsp3) is 0.438. The Hall–Kier alpha value is -2.85. The minimum absolute atomic E-state index is 0.157. The van der Waals surface area contributed by atoms with E-state index in [1.54, 1.807) is 6.08 Å². The van der Waals surface area contributed by atoms with Gasteiger partial charge in [-0.15, -0.1) is 0 Å². The lowest BCUT2D eigenvalue weighted by molar-refractivity contribution is -0.166. The summed E-state index contributed by atoms with van der Waals surface area (Å²) in [5.74, 6) is -3.27. The number of esters is 3. The van der Waals surface area contributed by atoms with Gasteiger partial charge in [0, 0.05) is 6.54 Å². The first-order valence-corrected chi connectivity index (χ1v) is 8.10. The molecule has 10 heteroatoms. The Morgan fingerprint density at radius 2 is 1.77 bits per heavy atom. The fourth-order valence-corrected chi connectivity index (χ4v) is 2.98. The van der Waals surface area contributed by atoms with Crippen LogP contribution in [0.25, 0.3) is 6.08 Å². The van der Waals surface area contributed by atoms with Crippen LogP contribution in [0, 0.1) is 5.92 Å². The highest BCUT2D eigenvalue weighted by Gasteiger charge is 2.46. The molecule has 2 N–H and O–H groups in total. The van der Waals surface area contributed by atoms with E-state index in [2.05, 4.69) is 15.3 Å². The number of nitrogens with zero attached hydrogens (tertiary/aromatic N) is 2. The standard InChI is InChI=1S/C16H15N3O7/c20-10-5-16(23)6-11(21)25-15-18-12(24-10)9(13(19-15)26-14(16)22)2-1-8-3-4-17-7-8/h1-2,8,17,23H,3-7H2/b2-1+/t8-,16?/m0/s1. The summed E-state index contributed by atoms with van der Waals surface area (Å²) >= 11 is 0. The third kappa shape index (κ3) is 3.04. The number of hydrogen-bond acceptors (Lipinski definition) is 10. The third-order valence-electron chi connectivity index (χ3n) is 4.35. The van der Waals surface area contributed by atoms with Gasteiger partial charge in [0.15, 0.2) is 5.60 Å². The third-order valence-corrected chi connectivity index (χ3v) is 4.35. The van der Waals surface area contributed by atoms with E-state index < -0.39 is 42.4 Å². The Bertz CT molecular complexity index is 831. The molecule has 0 radical (unpaired) electrons. The number of ether oxygens (including phenoxy) is 3. The molecular formula is C16H15N3O7. The van der Waals surface area contributed by atoms with Crippen molar-refractivity contribution in [3.8, 4) is 17.8 Å². The molecular weight excluding hydrogens is 346 g/mol. The van der Waals surface area contributed by atoms with Gasteiger partial charge in [0.25, 0.3) is 0 Å². The van der Waals surface area contributed by atoms with Crippen molar-refractivity contribution in [2.75, 3.05) is 13.1 Å². The average molecular weight is 361 g/mol. The number of fused-ring (bicyclic) bond motifs is 4. The number of aliphatic hydroxyl groups is 1.